The second-order valence-corrected chi connectivity index (χ2v) is 7.21. The number of benzene rings is 1. The number of hydrogen-bond acceptors (Lipinski definition) is 4. The lowest BCUT2D eigenvalue weighted by atomic mass is 9.87. The minimum absolute atomic E-state index is 0.0287. The highest BCUT2D eigenvalue weighted by atomic mass is 16.5. The molecule has 6 heteroatoms. The van der Waals surface area contributed by atoms with Gasteiger partial charge in [0.05, 0.1) is 24.2 Å². The van der Waals surface area contributed by atoms with Crippen molar-refractivity contribution in [3.05, 3.63) is 41.1 Å². The molecule has 6 nitrogen and oxygen atoms in total. The standard InChI is InChI=1S/C19H21N3O3/c23-16-10-25-15-8-4-1-5-11(15)18-17-13(9-20-19(17)24)21-12-6-2-3-7-14(12)22(16)18/h1,4-5,8,12,14,18,21H,2-3,6-7,9-10H2,(H,20,24). The first-order chi connectivity index (χ1) is 12.2. The molecule has 1 aromatic carbocycles. The van der Waals surface area contributed by atoms with Crippen LogP contribution in [0.15, 0.2) is 35.5 Å². The van der Waals surface area contributed by atoms with Crippen LogP contribution in [0.5, 0.6) is 5.75 Å². The van der Waals surface area contributed by atoms with Crippen LogP contribution in [0.25, 0.3) is 0 Å². The van der Waals surface area contributed by atoms with E-state index in [-0.39, 0.29) is 36.5 Å². The molecule has 0 radical (unpaired) electrons. The van der Waals surface area contributed by atoms with Crippen LogP contribution in [0.4, 0.5) is 0 Å². The highest BCUT2D eigenvalue weighted by Crippen LogP contribution is 2.44. The van der Waals surface area contributed by atoms with Crippen molar-refractivity contribution in [3.63, 3.8) is 0 Å². The van der Waals surface area contributed by atoms with E-state index < -0.39 is 0 Å². The van der Waals surface area contributed by atoms with Gasteiger partial charge in [-0.05, 0) is 18.9 Å². The molecule has 2 amide bonds. The number of carbonyl (C=O) groups is 2. The van der Waals surface area contributed by atoms with Gasteiger partial charge in [0, 0.05) is 17.3 Å². The number of para-hydroxylation sites is 1. The Hall–Kier alpha value is -2.50. The lowest BCUT2D eigenvalue weighted by Gasteiger charge is -2.41. The number of carbonyl (C=O) groups excluding carboxylic acids is 2. The average Bonchev–Trinajstić information content (AvgIpc) is 2.84. The third-order valence-corrected chi connectivity index (χ3v) is 5.85. The van der Waals surface area contributed by atoms with E-state index >= 15 is 0 Å². The maximum atomic E-state index is 13.0. The molecule has 1 saturated carbocycles. The van der Waals surface area contributed by atoms with Gasteiger partial charge in [-0.25, -0.2) is 0 Å². The minimum atomic E-state index is -0.371. The van der Waals surface area contributed by atoms with E-state index in [1.165, 1.54) is 0 Å². The molecule has 3 heterocycles. The van der Waals surface area contributed by atoms with E-state index in [4.69, 9.17) is 4.74 Å². The van der Waals surface area contributed by atoms with Crippen molar-refractivity contribution in [2.45, 2.75) is 43.8 Å². The molecule has 1 aromatic rings. The molecule has 3 aliphatic heterocycles. The predicted molar refractivity (Wildman–Crippen MR) is 90.7 cm³/mol. The van der Waals surface area contributed by atoms with Crippen molar-refractivity contribution < 1.29 is 14.3 Å². The zero-order valence-electron chi connectivity index (χ0n) is 14.0. The fourth-order valence-electron chi connectivity index (χ4n) is 4.77. The Morgan fingerprint density at radius 2 is 1.96 bits per heavy atom. The van der Waals surface area contributed by atoms with Crippen LogP contribution < -0.4 is 15.4 Å². The SMILES string of the molecule is O=C1NCC2=C1C1c3ccccc3OCC(=O)N1C1CCCCC1N2. The molecule has 5 rings (SSSR count). The maximum absolute atomic E-state index is 13.0. The fourth-order valence-corrected chi connectivity index (χ4v) is 4.77. The third kappa shape index (κ3) is 2.16. The van der Waals surface area contributed by atoms with E-state index in [2.05, 4.69) is 10.6 Å². The molecule has 25 heavy (non-hydrogen) atoms. The number of hydrogen-bond donors (Lipinski definition) is 2. The summed E-state index contributed by atoms with van der Waals surface area (Å²) in [6.45, 7) is 0.542. The number of nitrogens with one attached hydrogen (secondary N) is 2. The second kappa shape index (κ2) is 5.51. The molecule has 3 unspecified atom stereocenters. The van der Waals surface area contributed by atoms with Crippen LogP contribution in [0.3, 0.4) is 0 Å². The molecule has 1 aliphatic carbocycles. The first-order valence-corrected chi connectivity index (χ1v) is 9.04. The summed E-state index contributed by atoms with van der Waals surface area (Å²) < 4.78 is 5.79. The van der Waals surface area contributed by atoms with Crippen LogP contribution >= 0.6 is 0 Å². The number of rotatable bonds is 0. The highest BCUT2D eigenvalue weighted by molar-refractivity contribution is 5.99. The van der Waals surface area contributed by atoms with Gasteiger partial charge in [0.1, 0.15) is 5.75 Å². The van der Waals surface area contributed by atoms with Crippen molar-refractivity contribution in [2.24, 2.45) is 0 Å². The highest BCUT2D eigenvalue weighted by Gasteiger charge is 2.47. The Bertz CT molecular complexity index is 788. The summed E-state index contributed by atoms with van der Waals surface area (Å²) in [5, 5.41) is 6.53. The zero-order chi connectivity index (χ0) is 17.0. The smallest absolute Gasteiger partial charge is 0.261 e. The molecule has 0 saturated heterocycles. The summed E-state index contributed by atoms with van der Waals surface area (Å²) >= 11 is 0. The van der Waals surface area contributed by atoms with E-state index in [9.17, 15) is 9.59 Å². The van der Waals surface area contributed by atoms with E-state index in [0.717, 1.165) is 36.9 Å². The monoisotopic (exact) mass is 339 g/mol. The van der Waals surface area contributed by atoms with Crippen LogP contribution in [-0.4, -0.2) is 41.9 Å². The van der Waals surface area contributed by atoms with Crippen molar-refractivity contribution in [3.8, 4) is 5.75 Å². The average molecular weight is 339 g/mol. The van der Waals surface area contributed by atoms with E-state index in [1.54, 1.807) is 0 Å². The van der Waals surface area contributed by atoms with Gasteiger partial charge in [-0.3, -0.25) is 9.59 Å². The van der Waals surface area contributed by atoms with Crippen LogP contribution in [0.2, 0.25) is 0 Å². The fraction of sp³-hybridized carbons (Fsp3) is 0.474. The lowest BCUT2D eigenvalue weighted by molar-refractivity contribution is -0.138. The molecule has 130 valence electrons. The van der Waals surface area contributed by atoms with E-state index in [1.807, 2.05) is 29.2 Å². The summed E-state index contributed by atoms with van der Waals surface area (Å²) in [6, 6.07) is 7.64. The third-order valence-electron chi connectivity index (χ3n) is 5.85. The largest absolute Gasteiger partial charge is 0.483 e. The van der Waals surface area contributed by atoms with Gasteiger partial charge in [0.2, 0.25) is 0 Å². The Labute approximate surface area is 146 Å². The molecule has 2 N–H and O–H groups in total. The predicted octanol–water partition coefficient (Wildman–Crippen LogP) is 1.25. The van der Waals surface area contributed by atoms with Gasteiger partial charge in [-0.15, -0.1) is 0 Å². The summed E-state index contributed by atoms with van der Waals surface area (Å²) in [4.78, 5) is 27.6. The number of ether oxygens (including phenoxy) is 1. The minimum Gasteiger partial charge on any atom is -0.483 e. The Balaban J connectivity index is 1.73. The molecule has 1 fully saturated rings. The summed E-state index contributed by atoms with van der Waals surface area (Å²) in [5.41, 5.74) is 2.53. The van der Waals surface area contributed by atoms with Gasteiger partial charge < -0.3 is 20.3 Å². The van der Waals surface area contributed by atoms with Crippen molar-refractivity contribution in [1.29, 1.82) is 0 Å². The van der Waals surface area contributed by atoms with Crippen molar-refractivity contribution >= 4 is 11.8 Å². The van der Waals surface area contributed by atoms with Gasteiger partial charge in [0.15, 0.2) is 6.61 Å². The van der Waals surface area contributed by atoms with Gasteiger partial charge in [-0.1, -0.05) is 31.0 Å². The summed E-state index contributed by atoms with van der Waals surface area (Å²) in [6.07, 6.45) is 4.25. The number of fused-ring (bicyclic) bond motifs is 6. The molecule has 0 bridgehead atoms. The zero-order valence-corrected chi connectivity index (χ0v) is 14.0. The van der Waals surface area contributed by atoms with Crippen LogP contribution in [-0.2, 0) is 9.59 Å². The molecular weight excluding hydrogens is 318 g/mol. The summed E-state index contributed by atoms with van der Waals surface area (Å²) in [5.74, 6) is 0.582. The van der Waals surface area contributed by atoms with Crippen molar-refractivity contribution in [1.82, 2.24) is 15.5 Å². The van der Waals surface area contributed by atoms with Crippen molar-refractivity contribution in [2.75, 3.05) is 13.2 Å². The maximum Gasteiger partial charge on any atom is 0.261 e. The second-order valence-electron chi connectivity index (χ2n) is 7.21. The van der Waals surface area contributed by atoms with E-state index in [0.29, 0.717) is 17.9 Å². The first-order valence-electron chi connectivity index (χ1n) is 9.04. The molecule has 3 atom stereocenters. The molecule has 0 aromatic heterocycles. The topological polar surface area (TPSA) is 70.7 Å². The molecule has 4 aliphatic rings. The quantitative estimate of drug-likeness (QED) is 0.746. The van der Waals surface area contributed by atoms with Gasteiger partial charge in [-0.2, -0.15) is 0 Å². The molecular formula is C19H21N3O3. The van der Waals surface area contributed by atoms with Crippen LogP contribution in [0.1, 0.15) is 37.3 Å². The van der Waals surface area contributed by atoms with Gasteiger partial charge >= 0.3 is 0 Å². The summed E-state index contributed by atoms with van der Waals surface area (Å²) in [7, 11) is 0. The number of amides is 2. The Morgan fingerprint density at radius 3 is 2.88 bits per heavy atom. The Morgan fingerprint density at radius 1 is 1.12 bits per heavy atom. The Kier molecular flexibility index (Phi) is 3.26. The first kappa shape index (κ1) is 14.8. The lowest BCUT2D eigenvalue weighted by Crippen LogP contribution is -2.54. The number of nitrogens with zero attached hydrogens (tertiary/aromatic N) is 1. The normalized spacial score (nSPS) is 30.7. The van der Waals surface area contributed by atoms with Gasteiger partial charge in [0.25, 0.3) is 11.8 Å². The molecule has 0 spiro atoms. The van der Waals surface area contributed by atoms with Crippen LogP contribution in [0, 0.1) is 0 Å².